The molecule has 6 nitrogen and oxygen atoms in total. The van der Waals surface area contributed by atoms with Gasteiger partial charge in [0, 0.05) is 10.8 Å². The Morgan fingerprint density at radius 3 is 2.55 bits per heavy atom. The van der Waals surface area contributed by atoms with Crippen LogP contribution in [0, 0.1) is 13.8 Å². The van der Waals surface area contributed by atoms with Crippen LogP contribution in [0.5, 0.6) is 0 Å². The van der Waals surface area contributed by atoms with E-state index in [1.807, 2.05) is 61.7 Å². The van der Waals surface area contributed by atoms with E-state index in [1.165, 1.54) is 16.2 Å². The molecule has 5 rings (SSSR count). The highest BCUT2D eigenvalue weighted by atomic mass is 32.1. The van der Waals surface area contributed by atoms with Gasteiger partial charge in [-0.1, -0.05) is 48.0 Å². The first kappa shape index (κ1) is 19.3. The summed E-state index contributed by atoms with van der Waals surface area (Å²) in [6.07, 6.45) is 0. The van der Waals surface area contributed by atoms with Gasteiger partial charge in [0.15, 0.2) is 16.7 Å². The lowest BCUT2D eigenvalue weighted by atomic mass is 9.94. The minimum absolute atomic E-state index is 0.0132. The Morgan fingerprint density at radius 1 is 1.13 bits per heavy atom. The predicted octanol–water partition coefficient (Wildman–Crippen LogP) is 5.29. The number of nitrogens with zero attached hydrogens (tertiary/aromatic N) is 2. The van der Waals surface area contributed by atoms with Crippen molar-refractivity contribution in [3.05, 3.63) is 93.9 Å². The topological polar surface area (TPSA) is 83.6 Å². The summed E-state index contributed by atoms with van der Waals surface area (Å²) < 4.78 is 5.74. The van der Waals surface area contributed by atoms with Crippen molar-refractivity contribution in [2.24, 2.45) is 0 Å². The Morgan fingerprint density at radius 2 is 1.87 bits per heavy atom. The lowest BCUT2D eigenvalue weighted by Gasteiger charge is -2.24. The van der Waals surface area contributed by atoms with Crippen molar-refractivity contribution in [2.75, 3.05) is 4.90 Å². The third-order valence-electron chi connectivity index (χ3n) is 5.31. The number of carbonyl (C=O) groups excluding carboxylic acids is 2. The second-order valence-electron chi connectivity index (χ2n) is 7.50. The number of furan rings is 1. The maximum Gasteiger partial charge on any atom is 0.296 e. The zero-order chi connectivity index (χ0) is 21.7. The zero-order valence-corrected chi connectivity index (χ0v) is 17.6. The summed E-state index contributed by atoms with van der Waals surface area (Å²) >= 11 is 1.29. The van der Waals surface area contributed by atoms with Crippen LogP contribution in [-0.2, 0) is 4.79 Å². The summed E-state index contributed by atoms with van der Waals surface area (Å²) in [7, 11) is 0. The van der Waals surface area contributed by atoms with Gasteiger partial charge in [0.25, 0.3) is 5.91 Å². The van der Waals surface area contributed by atoms with Crippen molar-refractivity contribution in [3.63, 3.8) is 0 Å². The third kappa shape index (κ3) is 3.14. The van der Waals surface area contributed by atoms with Crippen molar-refractivity contribution < 1.29 is 19.1 Å². The zero-order valence-electron chi connectivity index (χ0n) is 16.8. The average molecular weight is 430 g/mol. The smallest absolute Gasteiger partial charge is 0.296 e. The van der Waals surface area contributed by atoms with Crippen LogP contribution in [0.4, 0.5) is 5.13 Å². The van der Waals surface area contributed by atoms with Crippen LogP contribution < -0.4 is 4.90 Å². The van der Waals surface area contributed by atoms with Gasteiger partial charge < -0.3 is 9.52 Å². The molecule has 0 fully saturated rings. The van der Waals surface area contributed by atoms with Gasteiger partial charge in [0.05, 0.1) is 17.3 Å². The maximum absolute atomic E-state index is 13.5. The van der Waals surface area contributed by atoms with Crippen molar-refractivity contribution in [2.45, 2.75) is 19.9 Å². The molecule has 2 aromatic heterocycles. The number of aliphatic hydroxyl groups excluding tert-OH is 1. The molecule has 0 saturated carbocycles. The number of Topliss-reactive ketones (excluding diaryl/α,β-unsaturated/α-hetero) is 1. The molecule has 2 aromatic carbocycles. The highest BCUT2D eigenvalue weighted by Gasteiger charge is 2.46. The molecule has 1 aliphatic heterocycles. The van der Waals surface area contributed by atoms with E-state index in [2.05, 4.69) is 4.98 Å². The minimum Gasteiger partial charge on any atom is -0.503 e. The number of carbonyl (C=O) groups is 2. The third-order valence-corrected chi connectivity index (χ3v) is 6.27. The van der Waals surface area contributed by atoms with Gasteiger partial charge in [-0.15, -0.1) is 11.3 Å². The quantitative estimate of drug-likeness (QED) is 0.445. The molecule has 1 unspecified atom stereocenters. The van der Waals surface area contributed by atoms with E-state index in [0.29, 0.717) is 16.3 Å². The molecule has 0 spiro atoms. The lowest BCUT2D eigenvalue weighted by Crippen LogP contribution is -2.31. The molecule has 0 bridgehead atoms. The summed E-state index contributed by atoms with van der Waals surface area (Å²) in [5, 5.41) is 13.8. The van der Waals surface area contributed by atoms with Crippen LogP contribution in [-0.4, -0.2) is 21.8 Å². The molecule has 0 saturated heterocycles. The summed E-state index contributed by atoms with van der Waals surface area (Å²) in [5.41, 5.74) is 3.06. The van der Waals surface area contributed by atoms with Crippen LogP contribution in [0.2, 0.25) is 0 Å². The van der Waals surface area contributed by atoms with E-state index in [1.54, 1.807) is 12.1 Å². The van der Waals surface area contributed by atoms with Gasteiger partial charge in [0.2, 0.25) is 5.78 Å². The number of benzene rings is 2. The van der Waals surface area contributed by atoms with E-state index < -0.39 is 23.5 Å². The van der Waals surface area contributed by atoms with Crippen LogP contribution >= 0.6 is 11.3 Å². The molecule has 1 N–H and O–H groups in total. The molecular formula is C24H18N2O4S. The Hall–Kier alpha value is -3.71. The number of hydrogen-bond donors (Lipinski definition) is 1. The summed E-state index contributed by atoms with van der Waals surface area (Å²) in [6.45, 7) is 3.79. The van der Waals surface area contributed by atoms with Gasteiger partial charge in [-0.05, 0) is 31.5 Å². The molecule has 7 heteroatoms. The average Bonchev–Trinajstić information content (AvgIpc) is 3.45. The second kappa shape index (κ2) is 7.21. The highest BCUT2D eigenvalue weighted by molar-refractivity contribution is 7.14. The van der Waals surface area contributed by atoms with Crippen molar-refractivity contribution >= 4 is 39.1 Å². The van der Waals surface area contributed by atoms with Crippen molar-refractivity contribution in [1.82, 2.24) is 4.98 Å². The highest BCUT2D eigenvalue weighted by Crippen LogP contribution is 2.43. The summed E-state index contributed by atoms with van der Waals surface area (Å²) in [4.78, 5) is 32.4. The fourth-order valence-corrected chi connectivity index (χ4v) is 4.60. The number of aromatic nitrogens is 1. The normalized spacial score (nSPS) is 16.5. The number of amides is 1. The van der Waals surface area contributed by atoms with Crippen LogP contribution in [0.25, 0.3) is 11.0 Å². The second-order valence-corrected chi connectivity index (χ2v) is 8.34. The molecule has 4 aromatic rings. The Kier molecular flexibility index (Phi) is 4.48. The SMILES string of the molecule is Cc1ccc(C2C(C(=O)c3cc4ccccc4o3)=C(O)C(=O)N2c2nc(C)cs2)cc1. The fourth-order valence-electron chi connectivity index (χ4n) is 3.78. The van der Waals surface area contributed by atoms with E-state index in [4.69, 9.17) is 4.42 Å². The molecule has 31 heavy (non-hydrogen) atoms. The van der Waals surface area contributed by atoms with Gasteiger partial charge in [-0.3, -0.25) is 14.5 Å². The number of fused-ring (bicyclic) bond motifs is 1. The standard InChI is InChI=1S/C24H18N2O4S/c1-13-7-9-15(10-8-13)20-19(21(27)18-11-16-5-3-4-6-17(16)30-18)22(28)23(29)26(20)24-25-14(2)12-31-24/h3-12,20,28H,1-2H3. The number of aliphatic hydroxyl groups is 1. The number of hydrogen-bond acceptors (Lipinski definition) is 6. The first-order valence-corrected chi connectivity index (χ1v) is 10.6. The Bertz CT molecular complexity index is 1330. The van der Waals surface area contributed by atoms with Crippen molar-refractivity contribution in [3.8, 4) is 0 Å². The largest absolute Gasteiger partial charge is 0.503 e. The summed E-state index contributed by atoms with van der Waals surface area (Å²) in [6, 6.07) is 15.6. The predicted molar refractivity (Wildman–Crippen MR) is 118 cm³/mol. The molecule has 1 aliphatic rings. The van der Waals surface area contributed by atoms with Gasteiger partial charge in [-0.2, -0.15) is 0 Å². The maximum atomic E-state index is 13.5. The number of para-hydroxylation sites is 1. The number of ketones is 1. The first-order chi connectivity index (χ1) is 14.9. The molecular weight excluding hydrogens is 412 g/mol. The van der Waals surface area contributed by atoms with Gasteiger partial charge in [0.1, 0.15) is 5.58 Å². The van der Waals surface area contributed by atoms with E-state index in [9.17, 15) is 14.7 Å². The molecule has 1 amide bonds. The number of thiazole rings is 1. The number of aryl methyl sites for hydroxylation is 2. The molecule has 0 aliphatic carbocycles. The van der Waals surface area contributed by atoms with E-state index >= 15 is 0 Å². The van der Waals surface area contributed by atoms with Crippen molar-refractivity contribution in [1.29, 1.82) is 0 Å². The number of anilines is 1. The first-order valence-electron chi connectivity index (χ1n) is 9.72. The number of rotatable bonds is 4. The molecule has 3 heterocycles. The Labute approximate surface area is 182 Å². The molecule has 154 valence electrons. The van der Waals surface area contributed by atoms with Crippen LogP contribution in [0.3, 0.4) is 0 Å². The van der Waals surface area contributed by atoms with Crippen LogP contribution in [0.1, 0.15) is 33.4 Å². The monoisotopic (exact) mass is 430 g/mol. The molecule has 0 radical (unpaired) electrons. The fraction of sp³-hybridized carbons (Fsp3) is 0.125. The Balaban J connectivity index is 1.66. The van der Waals surface area contributed by atoms with Gasteiger partial charge in [-0.25, -0.2) is 4.98 Å². The van der Waals surface area contributed by atoms with E-state index in [-0.39, 0.29) is 11.3 Å². The minimum atomic E-state index is -0.806. The van der Waals surface area contributed by atoms with Gasteiger partial charge >= 0.3 is 0 Å². The molecule has 1 atom stereocenters. The lowest BCUT2D eigenvalue weighted by molar-refractivity contribution is -0.117. The van der Waals surface area contributed by atoms with E-state index in [0.717, 1.165) is 16.6 Å². The van der Waals surface area contributed by atoms with Crippen LogP contribution in [0.15, 0.2) is 75.7 Å². The summed E-state index contributed by atoms with van der Waals surface area (Å²) in [5.74, 6) is -1.68.